The zero-order chi connectivity index (χ0) is 42.3. The summed E-state index contributed by atoms with van der Waals surface area (Å²) >= 11 is 2.93. The molecule has 9 heteroatoms. The minimum absolute atomic E-state index is 0.327. The van der Waals surface area contributed by atoms with E-state index in [0.717, 1.165) is 103 Å². The van der Waals surface area contributed by atoms with Gasteiger partial charge in [0, 0.05) is 36.8 Å². The monoisotopic (exact) mass is 841 g/mol. The number of carbonyl (C=O) groups is 1. The van der Waals surface area contributed by atoms with Crippen molar-refractivity contribution in [2.24, 2.45) is 0 Å². The summed E-state index contributed by atoms with van der Waals surface area (Å²) < 4.78 is 31.2. The summed E-state index contributed by atoms with van der Waals surface area (Å²) in [5.41, 5.74) is 5.78. The molecule has 8 rings (SSSR count). The highest BCUT2D eigenvalue weighted by molar-refractivity contribution is 8.01. The molecule has 302 valence electrons. The van der Waals surface area contributed by atoms with E-state index in [4.69, 9.17) is 0 Å². The van der Waals surface area contributed by atoms with Crippen molar-refractivity contribution in [1.82, 2.24) is 0 Å². The van der Waals surface area contributed by atoms with Crippen LogP contribution in [0.1, 0.15) is 43.0 Å². The average Bonchev–Trinajstić information content (AvgIpc) is 3.69. The number of carboxylic acids is 1. The SMILES string of the molecule is CCCCCCc1cc(/C=C(/C#N)C(=O)O)sc1-c1cc(N(Sc2ccc(F)cc2)c2cccc3ccccc23)cc(N(c2ccc(F)cc2)c2cccc3ccccc23)c1. The van der Waals surface area contributed by atoms with Crippen molar-refractivity contribution in [2.45, 2.75) is 43.9 Å². The number of unbranched alkanes of at least 4 members (excludes halogenated alkanes) is 3. The molecule has 0 aliphatic carbocycles. The summed E-state index contributed by atoms with van der Waals surface area (Å²) in [6.45, 7) is 2.18. The van der Waals surface area contributed by atoms with Gasteiger partial charge in [-0.3, -0.25) is 4.31 Å². The molecule has 0 saturated carbocycles. The van der Waals surface area contributed by atoms with Gasteiger partial charge in [-0.15, -0.1) is 11.3 Å². The number of nitrogens with zero attached hydrogens (tertiary/aromatic N) is 3. The van der Waals surface area contributed by atoms with Crippen LogP contribution in [0.25, 0.3) is 38.1 Å². The second-order valence-corrected chi connectivity index (χ2v) is 16.8. The van der Waals surface area contributed by atoms with Gasteiger partial charge in [-0.2, -0.15) is 5.26 Å². The Morgan fingerprint density at radius 2 is 1.31 bits per heavy atom. The minimum Gasteiger partial charge on any atom is -0.477 e. The van der Waals surface area contributed by atoms with Crippen molar-refractivity contribution in [1.29, 1.82) is 5.26 Å². The van der Waals surface area contributed by atoms with Crippen molar-refractivity contribution in [2.75, 3.05) is 9.21 Å². The topological polar surface area (TPSA) is 67.6 Å². The number of halogens is 2. The van der Waals surface area contributed by atoms with Crippen LogP contribution in [0.5, 0.6) is 0 Å². The van der Waals surface area contributed by atoms with Gasteiger partial charge in [-0.1, -0.05) is 99.0 Å². The van der Waals surface area contributed by atoms with Crippen LogP contribution in [0, 0.1) is 23.0 Å². The van der Waals surface area contributed by atoms with E-state index in [9.17, 15) is 23.9 Å². The lowest BCUT2D eigenvalue weighted by atomic mass is 10.0. The Labute approximate surface area is 362 Å². The highest BCUT2D eigenvalue weighted by atomic mass is 32.2. The quantitative estimate of drug-likeness (QED) is 0.0480. The summed E-state index contributed by atoms with van der Waals surface area (Å²) in [5.74, 6) is -1.95. The Bertz CT molecular complexity index is 2910. The van der Waals surface area contributed by atoms with E-state index in [2.05, 4.69) is 82.9 Å². The van der Waals surface area contributed by atoms with Gasteiger partial charge in [0.2, 0.25) is 0 Å². The van der Waals surface area contributed by atoms with Crippen molar-refractivity contribution in [3.63, 3.8) is 0 Å². The van der Waals surface area contributed by atoms with Gasteiger partial charge in [0.05, 0.1) is 17.1 Å². The van der Waals surface area contributed by atoms with Crippen LogP contribution in [0.2, 0.25) is 0 Å². The molecule has 7 aromatic carbocycles. The number of carboxylic acid groups (broad SMARTS) is 1. The largest absolute Gasteiger partial charge is 0.477 e. The summed E-state index contributed by atoms with van der Waals surface area (Å²) in [6.07, 6.45) is 6.38. The van der Waals surface area contributed by atoms with E-state index in [1.54, 1.807) is 24.3 Å². The smallest absolute Gasteiger partial charge is 0.346 e. The summed E-state index contributed by atoms with van der Waals surface area (Å²) in [6, 6.07) is 51.9. The van der Waals surface area contributed by atoms with Crippen LogP contribution in [-0.4, -0.2) is 11.1 Å². The van der Waals surface area contributed by atoms with E-state index >= 15 is 0 Å². The van der Waals surface area contributed by atoms with Crippen LogP contribution in [0.4, 0.5) is 37.2 Å². The minimum atomic E-state index is -1.28. The zero-order valence-electron chi connectivity index (χ0n) is 33.4. The molecule has 0 aliphatic rings. The molecule has 0 fully saturated rings. The number of hydrogen-bond acceptors (Lipinski definition) is 6. The lowest BCUT2D eigenvalue weighted by molar-refractivity contribution is -0.132. The molecular formula is C52H41F2N3O2S2. The molecule has 0 unspecified atom stereocenters. The van der Waals surface area contributed by atoms with Gasteiger partial charge < -0.3 is 10.0 Å². The Balaban J connectivity index is 1.43. The number of rotatable bonds is 15. The van der Waals surface area contributed by atoms with E-state index in [1.165, 1.54) is 53.6 Å². The molecule has 0 atom stereocenters. The second-order valence-electron chi connectivity index (χ2n) is 14.7. The van der Waals surface area contributed by atoms with Crippen molar-refractivity contribution in [3.8, 4) is 16.5 Å². The van der Waals surface area contributed by atoms with E-state index < -0.39 is 5.97 Å². The van der Waals surface area contributed by atoms with Crippen LogP contribution in [-0.2, 0) is 11.2 Å². The maximum atomic E-state index is 14.7. The van der Waals surface area contributed by atoms with E-state index in [-0.39, 0.29) is 17.2 Å². The van der Waals surface area contributed by atoms with Crippen molar-refractivity contribution >= 4 is 85.3 Å². The summed E-state index contributed by atoms with van der Waals surface area (Å²) in [5, 5.41) is 23.7. The molecule has 0 aliphatic heterocycles. The third-order valence-electron chi connectivity index (χ3n) is 10.5. The third kappa shape index (κ3) is 9.21. The summed E-state index contributed by atoms with van der Waals surface area (Å²) in [4.78, 5) is 16.6. The Hall–Kier alpha value is -6.73. The molecule has 0 bridgehead atoms. The van der Waals surface area contributed by atoms with Gasteiger partial charge >= 0.3 is 5.97 Å². The maximum absolute atomic E-state index is 14.7. The predicted molar refractivity (Wildman–Crippen MR) is 249 cm³/mol. The first-order valence-corrected chi connectivity index (χ1v) is 21.8. The van der Waals surface area contributed by atoms with Gasteiger partial charge in [0.1, 0.15) is 23.3 Å². The number of aryl methyl sites for hydroxylation is 1. The first-order valence-electron chi connectivity index (χ1n) is 20.2. The molecule has 1 heterocycles. The lowest BCUT2D eigenvalue weighted by Gasteiger charge is -2.30. The Morgan fingerprint density at radius 3 is 1.97 bits per heavy atom. The normalized spacial score (nSPS) is 11.5. The van der Waals surface area contributed by atoms with Gasteiger partial charge in [0.15, 0.2) is 0 Å². The molecule has 61 heavy (non-hydrogen) atoms. The molecule has 1 aromatic heterocycles. The van der Waals surface area contributed by atoms with E-state index in [0.29, 0.717) is 4.88 Å². The highest BCUT2D eigenvalue weighted by Gasteiger charge is 2.23. The number of thiophene rings is 1. The lowest BCUT2D eigenvalue weighted by Crippen LogP contribution is -2.13. The van der Waals surface area contributed by atoms with Crippen LogP contribution in [0.15, 0.2) is 168 Å². The predicted octanol–water partition coefficient (Wildman–Crippen LogP) is 15.4. The first kappa shape index (κ1) is 41.0. The number of benzene rings is 7. The van der Waals surface area contributed by atoms with Gasteiger partial charge in [0.25, 0.3) is 0 Å². The fourth-order valence-electron chi connectivity index (χ4n) is 7.60. The third-order valence-corrected chi connectivity index (χ3v) is 12.8. The maximum Gasteiger partial charge on any atom is 0.346 e. The molecule has 0 radical (unpaired) electrons. The average molecular weight is 842 g/mol. The van der Waals surface area contributed by atoms with Crippen LogP contribution < -0.4 is 9.21 Å². The number of nitriles is 1. The van der Waals surface area contributed by atoms with Crippen molar-refractivity contribution in [3.05, 3.63) is 185 Å². The standard InChI is InChI=1S/C52H41F2N3O2S2/c1-2-3-4-5-14-37-31-46(32-39(34-55)52(58)59)60-51(37)38-29-43(56(42-25-21-40(53)22-26-42)49-19-10-15-35-12-6-8-17-47(35)49)33-44(30-38)57(61-45-27-23-41(54)24-28-45)50-20-11-16-36-13-7-9-18-48(36)50/h6-13,15-33H,2-5,14H2,1H3,(H,58,59)/b39-32-. The number of fused-ring (bicyclic) bond motifs is 2. The summed E-state index contributed by atoms with van der Waals surface area (Å²) in [7, 11) is 0. The number of hydrogen-bond donors (Lipinski definition) is 1. The first-order chi connectivity index (χ1) is 29.8. The Morgan fingerprint density at radius 1 is 0.705 bits per heavy atom. The zero-order valence-corrected chi connectivity index (χ0v) is 35.0. The van der Waals surface area contributed by atoms with E-state index in [1.807, 2.05) is 48.5 Å². The second kappa shape index (κ2) is 18.7. The number of aliphatic carboxylic acids is 1. The fourth-order valence-corrected chi connectivity index (χ4v) is 9.68. The molecule has 5 nitrogen and oxygen atoms in total. The number of anilines is 5. The van der Waals surface area contributed by atoms with Crippen molar-refractivity contribution < 1.29 is 18.7 Å². The molecule has 1 N–H and O–H groups in total. The van der Waals surface area contributed by atoms with Crippen LogP contribution in [0.3, 0.4) is 0 Å². The molecule has 0 spiro atoms. The molecule has 0 saturated heterocycles. The Kier molecular flexibility index (Phi) is 12.6. The molecular weight excluding hydrogens is 801 g/mol. The van der Waals surface area contributed by atoms with Crippen LogP contribution >= 0.6 is 23.3 Å². The van der Waals surface area contributed by atoms with Gasteiger partial charge in [-0.05, 0) is 138 Å². The molecule has 0 amide bonds. The highest BCUT2D eigenvalue weighted by Crippen LogP contribution is 2.48. The molecule has 8 aromatic rings. The fraction of sp³-hybridized carbons (Fsp3) is 0.115. The van der Waals surface area contributed by atoms with Gasteiger partial charge in [-0.25, -0.2) is 13.6 Å².